The lowest BCUT2D eigenvalue weighted by Gasteiger charge is -2.41. The van der Waals surface area contributed by atoms with E-state index in [1.54, 1.807) is 6.26 Å². The van der Waals surface area contributed by atoms with Crippen molar-refractivity contribution >= 4 is 5.91 Å². The Hall–Kier alpha value is -1.33. The Labute approximate surface area is 151 Å². The maximum Gasteiger partial charge on any atom is 0.289 e. The predicted molar refractivity (Wildman–Crippen MR) is 99.8 cm³/mol. The van der Waals surface area contributed by atoms with Crippen LogP contribution >= 0.6 is 0 Å². The summed E-state index contributed by atoms with van der Waals surface area (Å²) in [5.74, 6) is 1.16. The third kappa shape index (κ3) is 4.45. The molecule has 1 aromatic rings. The van der Waals surface area contributed by atoms with E-state index in [1.165, 1.54) is 51.9 Å². The molecule has 0 atom stereocenters. The third-order valence-corrected chi connectivity index (χ3v) is 6.06. The molecule has 0 unspecified atom stereocenters. The number of hydrogen-bond acceptors (Lipinski definition) is 4. The maximum atomic E-state index is 12.7. The molecule has 2 aliphatic rings. The van der Waals surface area contributed by atoms with Gasteiger partial charge >= 0.3 is 0 Å². The van der Waals surface area contributed by atoms with Gasteiger partial charge in [-0.05, 0) is 84.7 Å². The Morgan fingerprint density at radius 2 is 1.88 bits per heavy atom. The minimum atomic E-state index is 0.0442. The van der Waals surface area contributed by atoms with E-state index in [1.807, 2.05) is 17.9 Å². The van der Waals surface area contributed by atoms with Gasteiger partial charge in [-0.2, -0.15) is 0 Å². The monoisotopic (exact) mass is 347 g/mol. The number of nitrogens with zero attached hydrogens (tertiary/aromatic N) is 3. The molecular weight excluding hydrogens is 314 g/mol. The van der Waals surface area contributed by atoms with Crippen molar-refractivity contribution in [2.75, 3.05) is 46.3 Å². The minimum absolute atomic E-state index is 0.0442. The van der Waals surface area contributed by atoms with Gasteiger partial charge in [0.1, 0.15) is 0 Å². The lowest BCUT2D eigenvalue weighted by atomic mass is 9.93. The highest BCUT2D eigenvalue weighted by Crippen LogP contribution is 2.25. The molecule has 2 aliphatic heterocycles. The smallest absolute Gasteiger partial charge is 0.289 e. The van der Waals surface area contributed by atoms with Crippen molar-refractivity contribution < 1.29 is 9.21 Å². The van der Waals surface area contributed by atoms with Crippen LogP contribution in [0.25, 0.3) is 0 Å². The Balaban J connectivity index is 1.49. The summed E-state index contributed by atoms with van der Waals surface area (Å²) >= 11 is 0. The second-order valence-electron chi connectivity index (χ2n) is 7.79. The van der Waals surface area contributed by atoms with Gasteiger partial charge in [0.15, 0.2) is 5.76 Å². The van der Waals surface area contributed by atoms with Gasteiger partial charge in [0.05, 0.1) is 6.26 Å². The van der Waals surface area contributed by atoms with Crippen molar-refractivity contribution in [2.24, 2.45) is 5.92 Å². The van der Waals surface area contributed by atoms with Crippen molar-refractivity contribution in [3.63, 3.8) is 0 Å². The van der Waals surface area contributed by atoms with E-state index < -0.39 is 0 Å². The van der Waals surface area contributed by atoms with Crippen molar-refractivity contribution in [2.45, 2.75) is 45.6 Å². The maximum absolute atomic E-state index is 12.7. The molecule has 0 saturated carbocycles. The van der Waals surface area contributed by atoms with E-state index in [0.29, 0.717) is 11.7 Å². The largest absolute Gasteiger partial charge is 0.459 e. The molecule has 3 rings (SSSR count). The first-order valence-corrected chi connectivity index (χ1v) is 9.84. The van der Waals surface area contributed by atoms with Crippen molar-refractivity contribution in [3.8, 4) is 0 Å². The number of rotatable bonds is 5. The average molecular weight is 348 g/mol. The molecule has 0 aromatic carbocycles. The zero-order valence-electron chi connectivity index (χ0n) is 16.0. The molecule has 1 aromatic heterocycles. The number of carbonyl (C=O) groups is 1. The molecule has 0 N–H and O–H groups in total. The molecule has 5 heteroatoms. The summed E-state index contributed by atoms with van der Waals surface area (Å²) in [6.07, 6.45) is 6.62. The quantitative estimate of drug-likeness (QED) is 0.821. The van der Waals surface area contributed by atoms with Crippen molar-refractivity contribution in [1.82, 2.24) is 14.7 Å². The standard InChI is InChI=1S/C20H33N3O2/c1-4-22(20(24)19-16(2)9-14-25-19)15-17-5-12-23(13-6-17)18-7-10-21(3)11-8-18/h9,14,17-18H,4-8,10-13,15H2,1-3H3. The van der Waals surface area contributed by atoms with Crippen LogP contribution in [0, 0.1) is 12.8 Å². The van der Waals surface area contributed by atoms with E-state index in [9.17, 15) is 4.79 Å². The summed E-state index contributed by atoms with van der Waals surface area (Å²) in [4.78, 5) is 19.8. The first-order chi connectivity index (χ1) is 12.1. The number of likely N-dealkylation sites (tertiary alicyclic amines) is 2. The number of aryl methyl sites for hydroxylation is 1. The van der Waals surface area contributed by atoms with Crippen LogP contribution in [0.2, 0.25) is 0 Å². The van der Waals surface area contributed by atoms with E-state index in [-0.39, 0.29) is 5.91 Å². The van der Waals surface area contributed by atoms with Crippen molar-refractivity contribution in [1.29, 1.82) is 0 Å². The van der Waals surface area contributed by atoms with E-state index in [0.717, 1.165) is 24.7 Å². The second-order valence-corrected chi connectivity index (χ2v) is 7.79. The van der Waals surface area contributed by atoms with Gasteiger partial charge in [-0.1, -0.05) is 0 Å². The van der Waals surface area contributed by atoms with Crippen LogP contribution in [0.5, 0.6) is 0 Å². The minimum Gasteiger partial charge on any atom is -0.459 e. The summed E-state index contributed by atoms with van der Waals surface area (Å²) in [5.41, 5.74) is 0.931. The Morgan fingerprint density at radius 1 is 1.20 bits per heavy atom. The Kier molecular flexibility index (Phi) is 6.18. The summed E-state index contributed by atoms with van der Waals surface area (Å²) in [6, 6.07) is 2.63. The zero-order chi connectivity index (χ0) is 17.8. The predicted octanol–water partition coefficient (Wildman–Crippen LogP) is 2.86. The van der Waals surface area contributed by atoms with Crippen LogP contribution < -0.4 is 0 Å². The molecule has 5 nitrogen and oxygen atoms in total. The normalized spacial score (nSPS) is 21.6. The van der Waals surface area contributed by atoms with Gasteiger partial charge in [0, 0.05) is 24.7 Å². The molecule has 2 saturated heterocycles. The first kappa shape index (κ1) is 18.5. The summed E-state index contributed by atoms with van der Waals surface area (Å²) in [5, 5.41) is 0. The summed E-state index contributed by atoms with van der Waals surface area (Å²) in [7, 11) is 2.22. The van der Waals surface area contributed by atoms with Crippen LogP contribution in [0.15, 0.2) is 16.7 Å². The van der Waals surface area contributed by atoms with Gasteiger partial charge in [0.2, 0.25) is 0 Å². The highest BCUT2D eigenvalue weighted by atomic mass is 16.3. The topological polar surface area (TPSA) is 39.9 Å². The fourth-order valence-electron chi connectivity index (χ4n) is 4.26. The highest BCUT2D eigenvalue weighted by Gasteiger charge is 2.29. The lowest BCUT2D eigenvalue weighted by Crippen LogP contribution is -2.48. The molecule has 2 fully saturated rings. The SMILES string of the molecule is CCN(CC1CCN(C2CCN(C)CC2)CC1)C(=O)c1occc1C. The van der Waals surface area contributed by atoms with Crippen LogP contribution in [0.1, 0.15) is 48.7 Å². The van der Waals surface area contributed by atoms with Gasteiger partial charge in [-0.3, -0.25) is 4.79 Å². The van der Waals surface area contributed by atoms with Crippen molar-refractivity contribution in [3.05, 3.63) is 23.7 Å². The molecule has 140 valence electrons. The van der Waals surface area contributed by atoms with Gasteiger partial charge in [-0.25, -0.2) is 0 Å². The van der Waals surface area contributed by atoms with Crippen LogP contribution in [-0.4, -0.2) is 73.0 Å². The summed E-state index contributed by atoms with van der Waals surface area (Å²) < 4.78 is 5.40. The first-order valence-electron chi connectivity index (χ1n) is 9.84. The number of amides is 1. The zero-order valence-corrected chi connectivity index (χ0v) is 16.0. The molecule has 0 spiro atoms. The van der Waals surface area contributed by atoms with Gasteiger partial charge in [0.25, 0.3) is 5.91 Å². The van der Waals surface area contributed by atoms with Crippen LogP contribution in [-0.2, 0) is 0 Å². The molecule has 1 amide bonds. The Morgan fingerprint density at radius 3 is 2.44 bits per heavy atom. The fraction of sp³-hybridized carbons (Fsp3) is 0.750. The summed E-state index contributed by atoms with van der Waals surface area (Å²) in [6.45, 7) is 10.4. The molecule has 3 heterocycles. The molecule has 0 radical (unpaired) electrons. The Bertz CT molecular complexity index is 555. The van der Waals surface area contributed by atoms with E-state index in [2.05, 4.69) is 23.8 Å². The number of furan rings is 1. The van der Waals surface area contributed by atoms with Crippen LogP contribution in [0.3, 0.4) is 0 Å². The van der Waals surface area contributed by atoms with E-state index >= 15 is 0 Å². The molecule has 0 bridgehead atoms. The number of piperidine rings is 2. The molecule has 0 aliphatic carbocycles. The van der Waals surface area contributed by atoms with Crippen LogP contribution in [0.4, 0.5) is 0 Å². The molecular formula is C20H33N3O2. The molecule has 25 heavy (non-hydrogen) atoms. The van der Waals surface area contributed by atoms with Gasteiger partial charge in [-0.15, -0.1) is 0 Å². The third-order valence-electron chi connectivity index (χ3n) is 6.06. The lowest BCUT2D eigenvalue weighted by molar-refractivity contribution is 0.0589. The van der Waals surface area contributed by atoms with E-state index in [4.69, 9.17) is 4.42 Å². The average Bonchev–Trinajstić information content (AvgIpc) is 3.06. The highest BCUT2D eigenvalue weighted by molar-refractivity contribution is 5.92. The fourth-order valence-corrected chi connectivity index (χ4v) is 4.26. The second kappa shape index (κ2) is 8.37. The number of hydrogen-bond donors (Lipinski definition) is 0. The number of carbonyl (C=O) groups excluding carboxylic acids is 1. The van der Waals surface area contributed by atoms with Gasteiger partial charge < -0.3 is 19.1 Å².